The topological polar surface area (TPSA) is 85.5 Å². The van der Waals surface area contributed by atoms with Crippen LogP contribution in [0.3, 0.4) is 0 Å². The van der Waals surface area contributed by atoms with Crippen LogP contribution in [0.25, 0.3) is 11.5 Å². The van der Waals surface area contributed by atoms with Crippen LogP contribution >= 0.6 is 0 Å². The number of aromatic nitrogens is 2. The summed E-state index contributed by atoms with van der Waals surface area (Å²) in [5, 5.41) is 4.11. The molecule has 0 aliphatic carbocycles. The molecule has 7 heteroatoms. The third-order valence-electron chi connectivity index (χ3n) is 4.86. The van der Waals surface area contributed by atoms with E-state index in [9.17, 15) is 9.59 Å². The van der Waals surface area contributed by atoms with Crippen LogP contribution in [0.5, 0.6) is 0 Å². The first kappa shape index (κ1) is 17.9. The zero-order valence-corrected chi connectivity index (χ0v) is 15.4. The Balaban J connectivity index is 1.43. The quantitative estimate of drug-likeness (QED) is 0.649. The molecule has 1 aromatic heterocycles. The van der Waals surface area contributed by atoms with E-state index in [1.807, 2.05) is 30.3 Å². The Kier molecular flexibility index (Phi) is 4.89. The van der Waals surface area contributed by atoms with Gasteiger partial charge in [0.25, 0.3) is 11.8 Å². The third kappa shape index (κ3) is 3.51. The monoisotopic (exact) mass is 377 g/mol. The fraction of sp³-hybridized carbons (Fsp3) is 0.238. The van der Waals surface area contributed by atoms with Gasteiger partial charge in [0, 0.05) is 30.1 Å². The van der Waals surface area contributed by atoms with Crippen molar-refractivity contribution in [2.24, 2.45) is 0 Å². The number of ether oxygens (including phenoxy) is 1. The van der Waals surface area contributed by atoms with Crippen LogP contribution in [0, 0.1) is 0 Å². The van der Waals surface area contributed by atoms with Crippen LogP contribution in [-0.4, -0.2) is 47.1 Å². The number of methoxy groups -OCH3 is 1. The van der Waals surface area contributed by atoms with Crippen molar-refractivity contribution >= 4 is 11.9 Å². The summed E-state index contributed by atoms with van der Waals surface area (Å²) < 4.78 is 10.1. The predicted octanol–water partition coefficient (Wildman–Crippen LogP) is 3.15. The second-order valence-electron chi connectivity index (χ2n) is 6.63. The average Bonchev–Trinajstić information content (AvgIpc) is 3.43. The van der Waals surface area contributed by atoms with E-state index in [2.05, 4.69) is 14.9 Å². The van der Waals surface area contributed by atoms with E-state index in [0.717, 1.165) is 12.0 Å². The van der Waals surface area contributed by atoms with E-state index in [4.69, 9.17) is 4.52 Å². The molecule has 2 heterocycles. The lowest BCUT2D eigenvalue weighted by Gasteiger charge is -2.16. The van der Waals surface area contributed by atoms with Crippen molar-refractivity contribution in [1.29, 1.82) is 0 Å². The second-order valence-corrected chi connectivity index (χ2v) is 6.63. The molecule has 0 N–H and O–H groups in total. The first-order chi connectivity index (χ1) is 13.7. The highest BCUT2D eigenvalue weighted by Crippen LogP contribution is 2.28. The molecule has 142 valence electrons. The summed E-state index contributed by atoms with van der Waals surface area (Å²) >= 11 is 0. The minimum Gasteiger partial charge on any atom is -0.465 e. The Morgan fingerprint density at radius 2 is 1.79 bits per heavy atom. The smallest absolute Gasteiger partial charge is 0.337 e. The molecule has 0 spiro atoms. The Bertz CT molecular complexity index is 982. The average molecular weight is 377 g/mol. The van der Waals surface area contributed by atoms with Gasteiger partial charge < -0.3 is 14.2 Å². The van der Waals surface area contributed by atoms with E-state index >= 15 is 0 Å². The summed E-state index contributed by atoms with van der Waals surface area (Å²) in [6, 6.07) is 16.1. The van der Waals surface area contributed by atoms with Gasteiger partial charge in [-0.2, -0.15) is 4.98 Å². The summed E-state index contributed by atoms with van der Waals surface area (Å²) in [4.78, 5) is 30.5. The van der Waals surface area contributed by atoms with Crippen LogP contribution in [0.4, 0.5) is 0 Å². The normalized spacial score (nSPS) is 16.2. The van der Waals surface area contributed by atoms with E-state index in [-0.39, 0.29) is 11.8 Å². The van der Waals surface area contributed by atoms with Crippen LogP contribution < -0.4 is 0 Å². The summed E-state index contributed by atoms with van der Waals surface area (Å²) in [6.45, 7) is 1.16. The van der Waals surface area contributed by atoms with Crippen LogP contribution in [0.15, 0.2) is 59.1 Å². The molecule has 2 aromatic carbocycles. The molecule has 1 amide bonds. The maximum absolute atomic E-state index is 12.7. The largest absolute Gasteiger partial charge is 0.465 e. The molecule has 3 aromatic rings. The number of rotatable bonds is 4. The molecular weight excluding hydrogens is 358 g/mol. The lowest BCUT2D eigenvalue weighted by molar-refractivity contribution is 0.0600. The lowest BCUT2D eigenvalue weighted by atomic mass is 10.1. The number of hydrogen-bond donors (Lipinski definition) is 0. The third-order valence-corrected chi connectivity index (χ3v) is 4.86. The Hall–Kier alpha value is -3.48. The molecule has 4 rings (SSSR count). The van der Waals surface area contributed by atoms with Gasteiger partial charge >= 0.3 is 5.97 Å². The minimum absolute atomic E-state index is 0.0412. The van der Waals surface area contributed by atoms with Crippen LogP contribution in [-0.2, 0) is 4.74 Å². The van der Waals surface area contributed by atoms with Crippen LogP contribution in [0.2, 0.25) is 0 Å². The Labute approximate surface area is 161 Å². The van der Waals surface area contributed by atoms with E-state index in [1.54, 1.807) is 29.2 Å². The fourth-order valence-electron chi connectivity index (χ4n) is 3.30. The zero-order chi connectivity index (χ0) is 19.5. The number of carbonyl (C=O) groups is 2. The van der Waals surface area contributed by atoms with Gasteiger partial charge in [0.1, 0.15) is 0 Å². The highest BCUT2D eigenvalue weighted by Gasteiger charge is 2.31. The Morgan fingerprint density at radius 1 is 1.07 bits per heavy atom. The maximum atomic E-state index is 12.7. The van der Waals surface area contributed by atoms with E-state index in [1.165, 1.54) is 7.11 Å². The molecule has 0 unspecified atom stereocenters. The maximum Gasteiger partial charge on any atom is 0.337 e. The summed E-state index contributed by atoms with van der Waals surface area (Å²) in [5.74, 6) is 0.644. The molecule has 28 heavy (non-hydrogen) atoms. The molecule has 1 aliphatic heterocycles. The predicted molar refractivity (Wildman–Crippen MR) is 101 cm³/mol. The highest BCUT2D eigenvalue weighted by atomic mass is 16.5. The van der Waals surface area contributed by atoms with Crippen molar-refractivity contribution in [3.05, 3.63) is 71.5 Å². The summed E-state index contributed by atoms with van der Waals surface area (Å²) in [6.07, 6.45) is 0.778. The Morgan fingerprint density at radius 3 is 2.50 bits per heavy atom. The van der Waals surface area contributed by atoms with Gasteiger partial charge in [-0.15, -0.1) is 0 Å². The van der Waals surface area contributed by atoms with Crippen LogP contribution in [0.1, 0.15) is 38.9 Å². The first-order valence-electron chi connectivity index (χ1n) is 9.02. The van der Waals surface area contributed by atoms with Gasteiger partial charge in [0.15, 0.2) is 5.82 Å². The molecule has 0 bridgehead atoms. The SMILES string of the molecule is COC(=O)c1ccc(C(=O)N2CC[C@@H](c3noc(-c4ccccc4)n3)C2)cc1. The molecule has 7 nitrogen and oxygen atoms in total. The molecule has 1 aliphatic rings. The molecule has 0 radical (unpaired) electrons. The van der Waals surface area contributed by atoms with Crippen molar-refractivity contribution < 1.29 is 18.8 Å². The fourth-order valence-corrected chi connectivity index (χ4v) is 3.30. The van der Waals surface area contributed by atoms with Crippen molar-refractivity contribution in [3.63, 3.8) is 0 Å². The van der Waals surface area contributed by atoms with Crippen molar-refractivity contribution in [3.8, 4) is 11.5 Å². The van der Waals surface area contributed by atoms with Gasteiger partial charge in [-0.1, -0.05) is 23.4 Å². The molecule has 1 saturated heterocycles. The molecule has 0 saturated carbocycles. The summed E-state index contributed by atoms with van der Waals surface area (Å²) in [5.41, 5.74) is 1.82. The number of carbonyl (C=O) groups excluding carboxylic acids is 2. The number of nitrogens with zero attached hydrogens (tertiary/aromatic N) is 3. The number of likely N-dealkylation sites (tertiary alicyclic amines) is 1. The van der Waals surface area contributed by atoms with Gasteiger partial charge in [0.05, 0.1) is 12.7 Å². The van der Waals surface area contributed by atoms with E-state index < -0.39 is 5.97 Å². The van der Waals surface area contributed by atoms with Gasteiger partial charge in [-0.25, -0.2) is 4.79 Å². The first-order valence-corrected chi connectivity index (χ1v) is 9.02. The number of esters is 1. The van der Waals surface area contributed by atoms with Gasteiger partial charge in [0.2, 0.25) is 0 Å². The molecular formula is C21H19N3O4. The highest BCUT2D eigenvalue weighted by molar-refractivity contribution is 5.96. The lowest BCUT2D eigenvalue weighted by Crippen LogP contribution is -2.28. The van der Waals surface area contributed by atoms with Crippen molar-refractivity contribution in [2.75, 3.05) is 20.2 Å². The minimum atomic E-state index is -0.424. The van der Waals surface area contributed by atoms with Crippen molar-refractivity contribution in [1.82, 2.24) is 15.0 Å². The van der Waals surface area contributed by atoms with Gasteiger partial charge in [-0.05, 0) is 42.8 Å². The van der Waals surface area contributed by atoms with E-state index in [0.29, 0.717) is 35.9 Å². The molecule has 1 atom stereocenters. The number of benzene rings is 2. The van der Waals surface area contributed by atoms with Crippen molar-refractivity contribution in [2.45, 2.75) is 12.3 Å². The summed E-state index contributed by atoms with van der Waals surface area (Å²) in [7, 11) is 1.33. The molecule has 1 fully saturated rings. The zero-order valence-electron chi connectivity index (χ0n) is 15.4. The number of hydrogen-bond acceptors (Lipinski definition) is 6. The standard InChI is InChI=1S/C21H19N3O4/c1-27-21(26)16-9-7-15(8-10-16)20(25)24-12-11-17(13-24)18-22-19(28-23-18)14-5-3-2-4-6-14/h2-10,17H,11-13H2,1H3/t17-/m1/s1. The van der Waals surface area contributed by atoms with Gasteiger partial charge in [-0.3, -0.25) is 4.79 Å². The second kappa shape index (κ2) is 7.64. The number of amides is 1.